The molecule has 0 aliphatic heterocycles. The molecular weight excluding hydrogens is 223 g/mol. The largest absolute Gasteiger partial charge is 0.383 e. The lowest BCUT2D eigenvalue weighted by Gasteiger charge is -2.14. The second kappa shape index (κ2) is 7.09. The molecule has 1 aromatic rings. The molecule has 0 saturated carbocycles. The minimum absolute atomic E-state index is 0.0748. The first-order valence-electron chi connectivity index (χ1n) is 5.45. The molecule has 0 unspecified atom stereocenters. The van der Waals surface area contributed by atoms with Crippen molar-refractivity contribution in [2.24, 2.45) is 0 Å². The highest BCUT2D eigenvalue weighted by Crippen LogP contribution is 2.02. The van der Waals surface area contributed by atoms with Gasteiger partial charge in [0.2, 0.25) is 0 Å². The highest BCUT2D eigenvalue weighted by Gasteiger charge is 2.08. The van der Waals surface area contributed by atoms with Crippen LogP contribution in [-0.4, -0.2) is 49.5 Å². The SMILES string of the molecule is COCCN(C)CCC(=O)c1ccc(F)cn1. The number of carbonyl (C=O) groups excluding carboxylic acids is 1. The van der Waals surface area contributed by atoms with E-state index in [-0.39, 0.29) is 5.78 Å². The van der Waals surface area contributed by atoms with E-state index >= 15 is 0 Å². The Hall–Kier alpha value is -1.33. The number of pyridine rings is 1. The molecular formula is C12H17FN2O2. The fraction of sp³-hybridized carbons (Fsp3) is 0.500. The van der Waals surface area contributed by atoms with Gasteiger partial charge in [-0.3, -0.25) is 9.78 Å². The Morgan fingerprint density at radius 1 is 1.47 bits per heavy atom. The third-order valence-corrected chi connectivity index (χ3v) is 2.41. The summed E-state index contributed by atoms with van der Waals surface area (Å²) in [5, 5.41) is 0. The Labute approximate surface area is 100 Å². The van der Waals surface area contributed by atoms with Crippen LogP contribution in [0.5, 0.6) is 0 Å². The molecule has 0 aromatic carbocycles. The number of ketones is 1. The Balaban J connectivity index is 2.36. The van der Waals surface area contributed by atoms with Crippen LogP contribution in [0.3, 0.4) is 0 Å². The van der Waals surface area contributed by atoms with E-state index in [2.05, 4.69) is 4.98 Å². The molecule has 17 heavy (non-hydrogen) atoms. The summed E-state index contributed by atoms with van der Waals surface area (Å²) >= 11 is 0. The highest BCUT2D eigenvalue weighted by atomic mass is 19.1. The number of methoxy groups -OCH3 is 1. The number of hydrogen-bond acceptors (Lipinski definition) is 4. The van der Waals surface area contributed by atoms with Crippen molar-refractivity contribution in [1.29, 1.82) is 0 Å². The molecule has 0 amide bonds. The zero-order chi connectivity index (χ0) is 12.7. The van der Waals surface area contributed by atoms with E-state index in [0.29, 0.717) is 25.3 Å². The van der Waals surface area contributed by atoms with Crippen molar-refractivity contribution >= 4 is 5.78 Å². The summed E-state index contributed by atoms with van der Waals surface area (Å²) < 4.78 is 17.5. The van der Waals surface area contributed by atoms with E-state index in [4.69, 9.17) is 4.74 Å². The van der Waals surface area contributed by atoms with Crippen LogP contribution in [0, 0.1) is 5.82 Å². The van der Waals surface area contributed by atoms with E-state index in [1.807, 2.05) is 11.9 Å². The van der Waals surface area contributed by atoms with Gasteiger partial charge in [-0.25, -0.2) is 4.39 Å². The van der Waals surface area contributed by atoms with Gasteiger partial charge in [0.1, 0.15) is 11.5 Å². The second-order valence-corrected chi connectivity index (χ2v) is 3.83. The molecule has 0 aliphatic rings. The van der Waals surface area contributed by atoms with Crippen LogP contribution < -0.4 is 0 Å². The molecule has 0 atom stereocenters. The van der Waals surface area contributed by atoms with Gasteiger partial charge in [0, 0.05) is 26.6 Å². The first-order chi connectivity index (χ1) is 8.13. The van der Waals surface area contributed by atoms with Crippen LogP contribution in [0.25, 0.3) is 0 Å². The van der Waals surface area contributed by atoms with Gasteiger partial charge in [-0.1, -0.05) is 0 Å². The molecule has 0 bridgehead atoms. The Kier molecular flexibility index (Phi) is 5.72. The number of hydrogen-bond donors (Lipinski definition) is 0. The first kappa shape index (κ1) is 13.7. The average Bonchev–Trinajstić information content (AvgIpc) is 2.34. The van der Waals surface area contributed by atoms with E-state index in [1.165, 1.54) is 12.1 Å². The van der Waals surface area contributed by atoms with E-state index < -0.39 is 5.82 Å². The number of carbonyl (C=O) groups is 1. The van der Waals surface area contributed by atoms with Gasteiger partial charge >= 0.3 is 0 Å². The third kappa shape index (κ3) is 5.01. The number of Topliss-reactive ketones (excluding diaryl/α,β-unsaturated/α-hetero) is 1. The van der Waals surface area contributed by atoms with Gasteiger partial charge in [0.15, 0.2) is 5.78 Å². The second-order valence-electron chi connectivity index (χ2n) is 3.83. The van der Waals surface area contributed by atoms with Crippen molar-refractivity contribution in [1.82, 2.24) is 9.88 Å². The predicted octanol–water partition coefficient (Wildman–Crippen LogP) is 1.37. The lowest BCUT2D eigenvalue weighted by atomic mass is 10.2. The summed E-state index contributed by atoms with van der Waals surface area (Å²) in [4.78, 5) is 17.4. The maximum absolute atomic E-state index is 12.6. The fourth-order valence-electron chi connectivity index (χ4n) is 1.32. The molecule has 0 radical (unpaired) electrons. The number of rotatable bonds is 7. The highest BCUT2D eigenvalue weighted by molar-refractivity contribution is 5.94. The zero-order valence-electron chi connectivity index (χ0n) is 10.1. The molecule has 1 aromatic heterocycles. The fourth-order valence-corrected chi connectivity index (χ4v) is 1.32. The van der Waals surface area contributed by atoms with Crippen molar-refractivity contribution < 1.29 is 13.9 Å². The van der Waals surface area contributed by atoms with E-state index in [1.54, 1.807) is 7.11 Å². The van der Waals surface area contributed by atoms with Crippen molar-refractivity contribution in [3.05, 3.63) is 29.8 Å². The van der Waals surface area contributed by atoms with Crippen LogP contribution in [-0.2, 0) is 4.74 Å². The van der Waals surface area contributed by atoms with Crippen LogP contribution in [0.1, 0.15) is 16.9 Å². The van der Waals surface area contributed by atoms with Crippen LogP contribution in [0.4, 0.5) is 4.39 Å². The lowest BCUT2D eigenvalue weighted by Crippen LogP contribution is -2.25. The average molecular weight is 240 g/mol. The van der Waals surface area contributed by atoms with Crippen LogP contribution in [0.15, 0.2) is 18.3 Å². The van der Waals surface area contributed by atoms with Crippen LogP contribution in [0.2, 0.25) is 0 Å². The Bertz CT molecular complexity index is 354. The number of nitrogens with zero attached hydrogens (tertiary/aromatic N) is 2. The summed E-state index contributed by atoms with van der Waals surface area (Å²) in [6.07, 6.45) is 1.43. The molecule has 0 N–H and O–H groups in total. The van der Waals surface area contributed by atoms with Crippen molar-refractivity contribution in [2.75, 3.05) is 33.9 Å². The van der Waals surface area contributed by atoms with Gasteiger partial charge in [0.25, 0.3) is 0 Å². The summed E-state index contributed by atoms with van der Waals surface area (Å²) in [6, 6.07) is 2.65. The Morgan fingerprint density at radius 2 is 2.24 bits per heavy atom. The van der Waals surface area contributed by atoms with Gasteiger partial charge in [-0.2, -0.15) is 0 Å². The number of halogens is 1. The van der Waals surface area contributed by atoms with Gasteiger partial charge in [-0.15, -0.1) is 0 Å². The number of likely N-dealkylation sites (N-methyl/N-ethyl adjacent to an activating group) is 1. The van der Waals surface area contributed by atoms with Crippen molar-refractivity contribution in [3.8, 4) is 0 Å². The molecule has 4 nitrogen and oxygen atoms in total. The maximum Gasteiger partial charge on any atom is 0.182 e. The topological polar surface area (TPSA) is 42.4 Å². The Morgan fingerprint density at radius 3 is 2.82 bits per heavy atom. The quantitative estimate of drug-likeness (QED) is 0.675. The van der Waals surface area contributed by atoms with Gasteiger partial charge in [0.05, 0.1) is 12.8 Å². The molecule has 0 spiro atoms. The molecule has 94 valence electrons. The lowest BCUT2D eigenvalue weighted by molar-refractivity contribution is 0.0955. The van der Waals surface area contributed by atoms with Crippen LogP contribution >= 0.6 is 0 Å². The minimum atomic E-state index is -0.432. The summed E-state index contributed by atoms with van der Waals surface area (Å²) in [5.41, 5.74) is 0.312. The molecule has 5 heteroatoms. The third-order valence-electron chi connectivity index (χ3n) is 2.41. The number of ether oxygens (including phenoxy) is 1. The van der Waals surface area contributed by atoms with Gasteiger partial charge in [-0.05, 0) is 19.2 Å². The molecule has 0 aliphatic carbocycles. The minimum Gasteiger partial charge on any atom is -0.383 e. The summed E-state index contributed by atoms with van der Waals surface area (Å²) in [7, 11) is 3.56. The normalized spacial score (nSPS) is 10.8. The first-order valence-corrected chi connectivity index (χ1v) is 5.45. The number of aromatic nitrogens is 1. The smallest absolute Gasteiger partial charge is 0.182 e. The monoisotopic (exact) mass is 240 g/mol. The zero-order valence-corrected chi connectivity index (χ0v) is 10.1. The van der Waals surface area contributed by atoms with Gasteiger partial charge < -0.3 is 9.64 Å². The maximum atomic E-state index is 12.6. The predicted molar refractivity (Wildman–Crippen MR) is 62.5 cm³/mol. The van der Waals surface area contributed by atoms with E-state index in [0.717, 1.165) is 12.7 Å². The molecule has 1 rings (SSSR count). The standard InChI is InChI=1S/C12H17FN2O2/c1-15(7-8-17-2)6-5-12(16)11-4-3-10(13)9-14-11/h3-4,9H,5-8H2,1-2H3. The van der Waals surface area contributed by atoms with E-state index in [9.17, 15) is 9.18 Å². The molecule has 0 fully saturated rings. The van der Waals surface area contributed by atoms with Crippen molar-refractivity contribution in [3.63, 3.8) is 0 Å². The summed E-state index contributed by atoms with van der Waals surface area (Å²) in [5.74, 6) is -0.506. The summed E-state index contributed by atoms with van der Waals surface area (Å²) in [6.45, 7) is 2.06. The van der Waals surface area contributed by atoms with Crippen molar-refractivity contribution in [2.45, 2.75) is 6.42 Å². The molecule has 1 heterocycles. The molecule has 0 saturated heterocycles.